The quantitative estimate of drug-likeness (QED) is 0.582. The van der Waals surface area contributed by atoms with E-state index in [0.29, 0.717) is 18.0 Å². The average molecular weight is 359 g/mol. The number of fused-ring (bicyclic) bond motifs is 1. The van der Waals surface area contributed by atoms with Crippen LogP contribution in [0.5, 0.6) is 0 Å². The molecule has 0 saturated carbocycles. The minimum Gasteiger partial charge on any atom is -0.396 e. The van der Waals surface area contributed by atoms with Gasteiger partial charge in [0.1, 0.15) is 5.03 Å². The first-order valence-corrected chi connectivity index (χ1v) is 9.38. The van der Waals surface area contributed by atoms with Crippen molar-refractivity contribution in [1.29, 1.82) is 0 Å². The van der Waals surface area contributed by atoms with Crippen LogP contribution >= 0.6 is 11.8 Å². The van der Waals surface area contributed by atoms with Crippen molar-refractivity contribution in [2.75, 3.05) is 17.7 Å². The van der Waals surface area contributed by atoms with Crippen LogP contribution in [0.1, 0.15) is 24.1 Å². The molecule has 2 aromatic rings. The number of nitrogens with one attached hydrogen (secondary N) is 1. The highest BCUT2D eigenvalue weighted by Gasteiger charge is 2.22. The van der Waals surface area contributed by atoms with Gasteiger partial charge < -0.3 is 10.4 Å². The Morgan fingerprint density at radius 1 is 1.28 bits per heavy atom. The number of aromatic nitrogens is 2. The molecule has 0 fully saturated rings. The summed E-state index contributed by atoms with van der Waals surface area (Å²) in [5, 5.41) is 12.5. The molecule has 0 bridgehead atoms. The van der Waals surface area contributed by atoms with Crippen molar-refractivity contribution in [1.82, 2.24) is 9.55 Å². The van der Waals surface area contributed by atoms with Gasteiger partial charge in [-0.05, 0) is 37.8 Å². The summed E-state index contributed by atoms with van der Waals surface area (Å²) in [4.78, 5) is 28.6. The van der Waals surface area contributed by atoms with Gasteiger partial charge in [0, 0.05) is 30.1 Å². The van der Waals surface area contributed by atoms with Gasteiger partial charge in [-0.3, -0.25) is 9.36 Å². The highest BCUT2D eigenvalue weighted by Crippen LogP contribution is 2.29. The average Bonchev–Trinajstić information content (AvgIpc) is 3.10. The van der Waals surface area contributed by atoms with Crippen molar-refractivity contribution in [3.05, 3.63) is 52.1 Å². The van der Waals surface area contributed by atoms with Crippen LogP contribution in [0.25, 0.3) is 0 Å². The number of benzene rings is 1. The summed E-state index contributed by atoms with van der Waals surface area (Å²) in [5.41, 5.74) is 2.56. The number of carbonyl (C=O) groups is 1. The van der Waals surface area contributed by atoms with Gasteiger partial charge in [-0.1, -0.05) is 30.0 Å². The first kappa shape index (κ1) is 17.7. The molecule has 132 valence electrons. The molecular weight excluding hydrogens is 338 g/mol. The molecule has 0 aliphatic heterocycles. The fourth-order valence-corrected chi connectivity index (χ4v) is 3.89. The number of anilines is 1. The maximum atomic E-state index is 12.3. The van der Waals surface area contributed by atoms with E-state index in [1.807, 2.05) is 30.3 Å². The lowest BCUT2D eigenvalue weighted by Crippen LogP contribution is -2.28. The van der Waals surface area contributed by atoms with Crippen LogP contribution in [-0.2, 0) is 24.2 Å². The summed E-state index contributed by atoms with van der Waals surface area (Å²) < 4.78 is 1.67. The molecule has 1 aromatic heterocycles. The number of nitrogens with zero attached hydrogens (tertiary/aromatic N) is 2. The zero-order valence-corrected chi connectivity index (χ0v) is 14.7. The highest BCUT2D eigenvalue weighted by atomic mass is 32.2. The SMILES string of the molecule is O=C(CSc1nc(=O)n(CCCO)c2c1CCC2)Nc1ccccc1. The largest absolute Gasteiger partial charge is 0.396 e. The van der Waals surface area contributed by atoms with Crippen molar-refractivity contribution >= 4 is 23.4 Å². The molecule has 0 saturated heterocycles. The molecule has 0 atom stereocenters. The third-order valence-corrected chi connectivity index (χ3v) is 5.16. The zero-order valence-electron chi connectivity index (χ0n) is 13.9. The smallest absolute Gasteiger partial charge is 0.348 e. The second-order valence-corrected chi connectivity index (χ2v) is 6.87. The molecule has 3 rings (SSSR count). The molecule has 0 spiro atoms. The molecule has 1 aromatic carbocycles. The molecule has 25 heavy (non-hydrogen) atoms. The molecule has 1 amide bonds. The monoisotopic (exact) mass is 359 g/mol. The summed E-state index contributed by atoms with van der Waals surface area (Å²) in [7, 11) is 0. The first-order chi connectivity index (χ1) is 12.2. The van der Waals surface area contributed by atoms with E-state index in [1.165, 1.54) is 11.8 Å². The maximum Gasteiger partial charge on any atom is 0.348 e. The minimum absolute atomic E-state index is 0.0529. The lowest BCUT2D eigenvalue weighted by atomic mass is 10.2. The number of aliphatic hydroxyl groups is 1. The van der Waals surface area contributed by atoms with Gasteiger partial charge in [0.15, 0.2) is 0 Å². The number of hydrogen-bond donors (Lipinski definition) is 2. The van der Waals surface area contributed by atoms with E-state index in [1.54, 1.807) is 4.57 Å². The third kappa shape index (κ3) is 4.29. The number of aliphatic hydroxyl groups excluding tert-OH is 1. The standard InChI is InChI=1S/C18H21N3O3S/c22-11-5-10-21-15-9-4-8-14(15)17(20-18(21)24)25-12-16(23)19-13-6-2-1-3-7-13/h1-3,6-7,22H,4-5,8-12H2,(H,19,23). The summed E-state index contributed by atoms with van der Waals surface area (Å²) >= 11 is 1.31. The Morgan fingerprint density at radius 3 is 2.84 bits per heavy atom. The number of para-hydroxylation sites is 1. The van der Waals surface area contributed by atoms with Gasteiger partial charge >= 0.3 is 5.69 Å². The van der Waals surface area contributed by atoms with Crippen LogP contribution in [0.4, 0.5) is 5.69 Å². The van der Waals surface area contributed by atoms with E-state index < -0.39 is 0 Å². The Balaban J connectivity index is 1.71. The Bertz CT molecular complexity index is 805. The van der Waals surface area contributed by atoms with E-state index in [9.17, 15) is 9.59 Å². The summed E-state index contributed by atoms with van der Waals surface area (Å²) in [6.45, 7) is 0.543. The van der Waals surface area contributed by atoms with Crippen molar-refractivity contribution in [2.45, 2.75) is 37.3 Å². The number of thioether (sulfide) groups is 1. The Hall–Kier alpha value is -2.12. The molecule has 0 radical (unpaired) electrons. The fraction of sp³-hybridized carbons (Fsp3) is 0.389. The van der Waals surface area contributed by atoms with E-state index in [2.05, 4.69) is 10.3 Å². The van der Waals surface area contributed by atoms with Gasteiger partial charge in [0.2, 0.25) is 5.91 Å². The number of amides is 1. The molecule has 1 heterocycles. The van der Waals surface area contributed by atoms with Crippen molar-refractivity contribution in [3.8, 4) is 0 Å². The Labute approximate surface area is 150 Å². The lowest BCUT2D eigenvalue weighted by molar-refractivity contribution is -0.113. The minimum atomic E-state index is -0.292. The van der Waals surface area contributed by atoms with Crippen LogP contribution in [0.2, 0.25) is 0 Å². The maximum absolute atomic E-state index is 12.3. The Kier molecular flexibility index (Phi) is 5.88. The molecular formula is C18H21N3O3S. The predicted molar refractivity (Wildman–Crippen MR) is 98.0 cm³/mol. The molecule has 6 nitrogen and oxygen atoms in total. The van der Waals surface area contributed by atoms with E-state index in [0.717, 1.165) is 36.2 Å². The summed E-state index contributed by atoms with van der Waals surface area (Å²) in [6, 6.07) is 9.29. The molecule has 2 N–H and O–H groups in total. The fourth-order valence-electron chi connectivity index (χ4n) is 3.02. The van der Waals surface area contributed by atoms with Crippen molar-refractivity contribution < 1.29 is 9.90 Å². The van der Waals surface area contributed by atoms with Crippen molar-refractivity contribution in [2.24, 2.45) is 0 Å². The molecule has 1 aliphatic rings. The second kappa shape index (κ2) is 8.31. The van der Waals surface area contributed by atoms with Crippen LogP contribution < -0.4 is 11.0 Å². The van der Waals surface area contributed by atoms with E-state index in [4.69, 9.17) is 5.11 Å². The number of carbonyl (C=O) groups excluding carboxylic acids is 1. The number of rotatable bonds is 7. The first-order valence-electron chi connectivity index (χ1n) is 8.40. The van der Waals surface area contributed by atoms with Crippen molar-refractivity contribution in [3.63, 3.8) is 0 Å². The predicted octanol–water partition coefficient (Wildman–Crippen LogP) is 1.85. The van der Waals surface area contributed by atoms with Gasteiger partial charge in [0.25, 0.3) is 0 Å². The topological polar surface area (TPSA) is 84.2 Å². The van der Waals surface area contributed by atoms with Gasteiger partial charge in [0.05, 0.1) is 5.75 Å². The van der Waals surface area contributed by atoms with Crippen LogP contribution in [0, 0.1) is 0 Å². The van der Waals surface area contributed by atoms with Gasteiger partial charge in [-0.25, -0.2) is 4.79 Å². The molecule has 1 aliphatic carbocycles. The molecule has 7 heteroatoms. The third-order valence-electron chi connectivity index (χ3n) is 4.14. The molecule has 0 unspecified atom stereocenters. The van der Waals surface area contributed by atoms with Crippen LogP contribution in [0.15, 0.2) is 40.2 Å². The Morgan fingerprint density at radius 2 is 2.08 bits per heavy atom. The van der Waals surface area contributed by atoms with E-state index >= 15 is 0 Å². The van der Waals surface area contributed by atoms with Crippen LogP contribution in [0.3, 0.4) is 0 Å². The van der Waals surface area contributed by atoms with Gasteiger partial charge in [-0.2, -0.15) is 4.98 Å². The lowest BCUT2D eigenvalue weighted by Gasteiger charge is -2.13. The van der Waals surface area contributed by atoms with Gasteiger partial charge in [-0.15, -0.1) is 0 Å². The summed E-state index contributed by atoms with van der Waals surface area (Å²) in [5.74, 6) is 0.100. The van der Waals surface area contributed by atoms with E-state index in [-0.39, 0.29) is 24.0 Å². The zero-order chi connectivity index (χ0) is 17.6. The highest BCUT2D eigenvalue weighted by molar-refractivity contribution is 8.00. The summed E-state index contributed by atoms with van der Waals surface area (Å²) in [6.07, 6.45) is 3.26. The number of hydrogen-bond acceptors (Lipinski definition) is 5. The van der Waals surface area contributed by atoms with Crippen LogP contribution in [-0.4, -0.2) is 32.9 Å². The second-order valence-electron chi connectivity index (χ2n) is 5.91. The normalized spacial score (nSPS) is 12.8.